The fourth-order valence-electron chi connectivity index (χ4n) is 3.91. The molecular formula is C27H58O5Sn2. The third kappa shape index (κ3) is 16.5. The number of carbonyl (C=O) groups excluding carboxylic acids is 1. The van der Waals surface area contributed by atoms with Crippen LogP contribution in [-0.4, -0.2) is 57.8 Å². The molecule has 0 amide bonds. The number of hydrogen-bond donors (Lipinski definition) is 0. The van der Waals surface area contributed by atoms with Gasteiger partial charge in [0.05, 0.1) is 0 Å². The van der Waals surface area contributed by atoms with E-state index in [-0.39, 0.29) is 0 Å². The molecule has 7 heteroatoms. The van der Waals surface area contributed by atoms with Crippen molar-refractivity contribution in [1.82, 2.24) is 0 Å². The van der Waals surface area contributed by atoms with Crippen LogP contribution in [0, 0.1) is 11.8 Å². The monoisotopic (exact) mass is 702 g/mol. The van der Waals surface area contributed by atoms with Crippen molar-refractivity contribution in [3.05, 3.63) is 0 Å². The fraction of sp³-hybridized carbons (Fsp3) is 0.963. The second-order valence-corrected chi connectivity index (χ2v) is 32.8. The third-order valence-electron chi connectivity index (χ3n) is 6.26. The molecule has 0 heterocycles. The molecule has 0 fully saturated rings. The number of ether oxygens (including phenoxy) is 1. The van der Waals surface area contributed by atoms with Gasteiger partial charge >= 0.3 is 224 Å². The average molecular weight is 700 g/mol. The van der Waals surface area contributed by atoms with Crippen LogP contribution in [0.3, 0.4) is 0 Å². The van der Waals surface area contributed by atoms with Gasteiger partial charge in [0.1, 0.15) is 0 Å². The summed E-state index contributed by atoms with van der Waals surface area (Å²) in [6, 6.07) is 0. The number of hydrogen-bond acceptors (Lipinski definition) is 5. The van der Waals surface area contributed by atoms with Gasteiger partial charge in [-0.1, -0.05) is 0 Å². The first kappa shape index (κ1) is 34.8. The van der Waals surface area contributed by atoms with Crippen molar-refractivity contribution in [2.45, 2.75) is 137 Å². The third-order valence-corrected chi connectivity index (χ3v) is 39.0. The number of unbranched alkanes of at least 4 members (excludes halogenated alkanes) is 4. The number of carbonyl (C=O) groups is 1. The van der Waals surface area contributed by atoms with Crippen molar-refractivity contribution in [3.63, 3.8) is 0 Å². The zero-order chi connectivity index (χ0) is 25.9. The van der Waals surface area contributed by atoms with Gasteiger partial charge in [-0.25, -0.2) is 0 Å². The van der Waals surface area contributed by atoms with E-state index < -0.39 is 44.6 Å². The van der Waals surface area contributed by atoms with Crippen molar-refractivity contribution in [2.75, 3.05) is 13.2 Å². The van der Waals surface area contributed by atoms with Crippen LogP contribution >= 0.6 is 0 Å². The van der Waals surface area contributed by atoms with E-state index >= 15 is 0 Å². The number of rotatable bonds is 22. The quantitative estimate of drug-likeness (QED) is 0.0833. The maximum absolute atomic E-state index is 12.9. The molecule has 0 radical (unpaired) electrons. The molecule has 204 valence electrons. The first-order chi connectivity index (χ1) is 16.2. The molecule has 0 atom stereocenters. The Bertz CT molecular complexity index is 483. The molecule has 0 aromatic carbocycles. The summed E-state index contributed by atoms with van der Waals surface area (Å²) in [6.45, 7) is 18.9. The van der Waals surface area contributed by atoms with E-state index in [2.05, 4.69) is 55.4 Å². The van der Waals surface area contributed by atoms with Gasteiger partial charge in [-0.05, 0) is 0 Å². The summed E-state index contributed by atoms with van der Waals surface area (Å²) in [6.07, 6.45) is 10.3. The summed E-state index contributed by atoms with van der Waals surface area (Å²) in [7, 11) is 0. The molecule has 0 bridgehead atoms. The molecule has 0 rings (SSSR count). The zero-order valence-corrected chi connectivity index (χ0v) is 29.7. The van der Waals surface area contributed by atoms with E-state index in [4.69, 9.17) is 12.3 Å². The molecule has 0 aromatic heterocycles. The summed E-state index contributed by atoms with van der Waals surface area (Å²) in [5.41, 5.74) is 0. The molecule has 0 unspecified atom stereocenters. The van der Waals surface area contributed by atoms with Crippen LogP contribution in [0.2, 0.25) is 17.7 Å². The van der Waals surface area contributed by atoms with E-state index in [1.165, 1.54) is 0 Å². The van der Waals surface area contributed by atoms with Crippen LogP contribution in [0.4, 0.5) is 4.79 Å². The van der Waals surface area contributed by atoms with Gasteiger partial charge in [0.15, 0.2) is 0 Å². The molecule has 0 aliphatic rings. The molecule has 0 aliphatic heterocycles. The van der Waals surface area contributed by atoms with Crippen LogP contribution in [0.5, 0.6) is 0 Å². The van der Waals surface area contributed by atoms with E-state index in [0.29, 0.717) is 18.4 Å². The molecule has 34 heavy (non-hydrogen) atoms. The first-order valence-corrected chi connectivity index (χ1v) is 27.1. The second kappa shape index (κ2) is 20.8. The molecule has 0 aromatic rings. The van der Waals surface area contributed by atoms with Crippen LogP contribution in [0.25, 0.3) is 0 Å². The zero-order valence-electron chi connectivity index (χ0n) is 24.0. The molecule has 0 spiro atoms. The van der Waals surface area contributed by atoms with Crippen LogP contribution in [-0.2, 0) is 12.3 Å². The van der Waals surface area contributed by atoms with Crippen molar-refractivity contribution < 1.29 is 17.1 Å². The Balaban J connectivity index is 5.96. The first-order valence-electron chi connectivity index (χ1n) is 14.4. The molecule has 0 saturated heterocycles. The van der Waals surface area contributed by atoms with Crippen LogP contribution in [0.15, 0.2) is 0 Å². The van der Waals surface area contributed by atoms with Gasteiger partial charge in [0.25, 0.3) is 0 Å². The Morgan fingerprint density at radius 1 is 0.647 bits per heavy atom. The predicted molar refractivity (Wildman–Crippen MR) is 149 cm³/mol. The molecule has 0 N–H and O–H groups in total. The van der Waals surface area contributed by atoms with E-state index in [1.807, 2.05) is 0 Å². The van der Waals surface area contributed by atoms with Crippen molar-refractivity contribution in [2.24, 2.45) is 11.8 Å². The SMILES string of the molecule is CCC[CH2][Sn]([CH2]CCC)([O]CCC(C)C)[O][Sn]([CH2]CCC)([CH2]CCC)[O]C(=O)OCCC(C)C. The second-order valence-electron chi connectivity index (χ2n) is 10.8. The fourth-order valence-corrected chi connectivity index (χ4v) is 45.5. The Labute approximate surface area is 222 Å². The van der Waals surface area contributed by atoms with E-state index in [0.717, 1.165) is 88.6 Å². The van der Waals surface area contributed by atoms with Gasteiger partial charge in [-0.3, -0.25) is 0 Å². The van der Waals surface area contributed by atoms with Gasteiger partial charge in [-0.15, -0.1) is 0 Å². The summed E-state index contributed by atoms with van der Waals surface area (Å²) >= 11 is -7.20. The minimum absolute atomic E-state index is 0.422. The molecular weight excluding hydrogens is 642 g/mol. The van der Waals surface area contributed by atoms with Crippen molar-refractivity contribution in [1.29, 1.82) is 0 Å². The summed E-state index contributed by atoms with van der Waals surface area (Å²) in [5.74, 6) is 1.11. The van der Waals surface area contributed by atoms with Crippen molar-refractivity contribution >= 4 is 44.6 Å². The van der Waals surface area contributed by atoms with Crippen LogP contribution < -0.4 is 0 Å². The summed E-state index contributed by atoms with van der Waals surface area (Å²) in [4.78, 5) is 12.9. The van der Waals surface area contributed by atoms with Gasteiger partial charge in [-0.2, -0.15) is 0 Å². The Morgan fingerprint density at radius 3 is 1.47 bits per heavy atom. The summed E-state index contributed by atoms with van der Waals surface area (Å²) in [5, 5.41) is 0. The van der Waals surface area contributed by atoms with Gasteiger partial charge in [0, 0.05) is 0 Å². The standard InChI is InChI=1S/C6H12O3.C5H11O.4C4H9.O.2Sn/c1-5(2)3-4-9-6(7)8;1-5(2)3-4-6;4*1-3-4-2;;;/h5H,3-4H2,1-2H3,(H,7,8);5H,3-4H2,1-2H3;4*1,3-4H2,2H3;;;/q;-1;;;;;;2*+1/p-1. The maximum atomic E-state index is 12.9. The Hall–Kier alpha value is 0.787. The molecule has 0 aliphatic carbocycles. The van der Waals surface area contributed by atoms with Crippen molar-refractivity contribution in [3.8, 4) is 0 Å². The normalized spacial score (nSPS) is 12.5. The topological polar surface area (TPSA) is 54.0 Å². The van der Waals surface area contributed by atoms with Gasteiger partial charge in [0.2, 0.25) is 0 Å². The molecule has 0 saturated carbocycles. The summed E-state index contributed by atoms with van der Waals surface area (Å²) < 4.78 is 30.2. The predicted octanol–water partition coefficient (Wildman–Crippen LogP) is 9.35. The molecule has 5 nitrogen and oxygen atoms in total. The van der Waals surface area contributed by atoms with Crippen LogP contribution in [0.1, 0.15) is 120 Å². The Kier molecular flexibility index (Phi) is 21.3. The average Bonchev–Trinajstić information content (AvgIpc) is 2.78. The van der Waals surface area contributed by atoms with E-state index in [1.54, 1.807) is 0 Å². The van der Waals surface area contributed by atoms with E-state index in [9.17, 15) is 4.79 Å². The minimum atomic E-state index is -3.76. The Morgan fingerprint density at radius 2 is 1.06 bits per heavy atom. The van der Waals surface area contributed by atoms with Gasteiger partial charge < -0.3 is 0 Å².